The molecule has 0 amide bonds. The Morgan fingerprint density at radius 1 is 1.21 bits per heavy atom. The number of rotatable bonds is 4. The highest BCUT2D eigenvalue weighted by Crippen LogP contribution is 2.23. The van der Waals surface area contributed by atoms with Gasteiger partial charge in [-0.2, -0.15) is 0 Å². The first-order chi connectivity index (χ1) is 9.08. The fraction of sp³-hybridized carbons (Fsp3) is 0.0833. The maximum absolute atomic E-state index is 10.8. The zero-order valence-corrected chi connectivity index (χ0v) is 12.2. The van der Waals surface area contributed by atoms with Crippen LogP contribution in [0.25, 0.3) is 0 Å². The summed E-state index contributed by atoms with van der Waals surface area (Å²) in [6, 6.07) is 10.5. The van der Waals surface area contributed by atoms with Crippen molar-refractivity contribution in [3.63, 3.8) is 0 Å². The maximum atomic E-state index is 10.8. The third-order valence-corrected chi connectivity index (χ3v) is 3.11. The minimum atomic E-state index is -0.443. The molecule has 0 atom stereocenters. The normalized spacial score (nSPS) is 10.0. The van der Waals surface area contributed by atoms with Gasteiger partial charge in [0, 0.05) is 16.3 Å². The van der Waals surface area contributed by atoms with Crippen molar-refractivity contribution in [2.45, 2.75) is 0 Å². The summed E-state index contributed by atoms with van der Waals surface area (Å²) in [6.07, 6.45) is 0. The second kappa shape index (κ2) is 5.83. The van der Waals surface area contributed by atoms with Crippen LogP contribution >= 0.6 is 22.6 Å². The second-order valence-electron chi connectivity index (χ2n) is 3.73. The van der Waals surface area contributed by atoms with Gasteiger partial charge in [-0.15, -0.1) is 0 Å². The van der Waals surface area contributed by atoms with Crippen LogP contribution in [0.3, 0.4) is 0 Å². The number of anilines is 3. The van der Waals surface area contributed by atoms with Gasteiger partial charge in [0.15, 0.2) is 0 Å². The van der Waals surface area contributed by atoms with E-state index in [1.54, 1.807) is 7.05 Å². The third kappa shape index (κ3) is 3.53. The van der Waals surface area contributed by atoms with Crippen molar-refractivity contribution in [2.75, 3.05) is 17.7 Å². The fourth-order valence-corrected chi connectivity index (χ4v) is 1.85. The van der Waals surface area contributed by atoms with Gasteiger partial charge < -0.3 is 10.6 Å². The summed E-state index contributed by atoms with van der Waals surface area (Å²) in [4.78, 5) is 14.6. The zero-order chi connectivity index (χ0) is 13.8. The minimum Gasteiger partial charge on any atom is -0.373 e. The van der Waals surface area contributed by atoms with Gasteiger partial charge in [-0.3, -0.25) is 10.1 Å². The highest BCUT2D eigenvalue weighted by Gasteiger charge is 2.10. The van der Waals surface area contributed by atoms with Crippen LogP contribution in [-0.4, -0.2) is 17.0 Å². The number of benzene rings is 1. The van der Waals surface area contributed by atoms with Crippen molar-refractivity contribution >= 4 is 45.6 Å². The van der Waals surface area contributed by atoms with E-state index in [1.165, 1.54) is 12.1 Å². The Morgan fingerprint density at radius 3 is 2.42 bits per heavy atom. The minimum absolute atomic E-state index is 0.00707. The van der Waals surface area contributed by atoms with E-state index in [0.717, 1.165) is 9.26 Å². The molecule has 7 heteroatoms. The largest absolute Gasteiger partial charge is 0.373 e. The number of halogens is 1. The van der Waals surface area contributed by atoms with Crippen LogP contribution in [0.2, 0.25) is 0 Å². The number of pyridine rings is 1. The molecule has 2 aromatic rings. The molecule has 2 N–H and O–H groups in total. The molecule has 0 fully saturated rings. The molecule has 2 rings (SSSR count). The number of nitro groups is 1. The molecule has 0 aliphatic carbocycles. The van der Waals surface area contributed by atoms with Gasteiger partial charge in [0.05, 0.1) is 17.1 Å². The summed E-state index contributed by atoms with van der Waals surface area (Å²) >= 11 is 2.21. The van der Waals surface area contributed by atoms with Crippen LogP contribution in [0, 0.1) is 13.7 Å². The smallest absolute Gasteiger partial charge is 0.276 e. The Balaban J connectivity index is 2.31. The molecule has 6 nitrogen and oxygen atoms in total. The van der Waals surface area contributed by atoms with Crippen LogP contribution in [0.15, 0.2) is 36.4 Å². The van der Waals surface area contributed by atoms with E-state index < -0.39 is 4.92 Å². The Labute approximate surface area is 123 Å². The maximum Gasteiger partial charge on any atom is 0.276 e. The van der Waals surface area contributed by atoms with Gasteiger partial charge in [0.1, 0.15) is 11.6 Å². The van der Waals surface area contributed by atoms with Crippen molar-refractivity contribution in [3.05, 3.63) is 50.1 Å². The van der Waals surface area contributed by atoms with Crippen molar-refractivity contribution in [3.8, 4) is 0 Å². The lowest BCUT2D eigenvalue weighted by Gasteiger charge is -2.07. The Bertz CT molecular complexity index is 601. The van der Waals surface area contributed by atoms with Gasteiger partial charge in [0.2, 0.25) is 0 Å². The van der Waals surface area contributed by atoms with Crippen LogP contribution in [-0.2, 0) is 0 Å². The van der Waals surface area contributed by atoms with Crippen molar-refractivity contribution in [1.82, 2.24) is 4.98 Å². The molecule has 0 saturated carbocycles. The fourth-order valence-electron chi connectivity index (χ4n) is 1.49. The summed E-state index contributed by atoms with van der Waals surface area (Å²) in [6.45, 7) is 0. The van der Waals surface area contributed by atoms with E-state index in [1.807, 2.05) is 24.3 Å². The van der Waals surface area contributed by atoms with Gasteiger partial charge >= 0.3 is 0 Å². The average Bonchev–Trinajstić information content (AvgIpc) is 2.41. The third-order valence-electron chi connectivity index (χ3n) is 2.39. The molecule has 0 unspecified atom stereocenters. The first kappa shape index (κ1) is 13.5. The summed E-state index contributed by atoms with van der Waals surface area (Å²) in [7, 11) is 1.67. The van der Waals surface area contributed by atoms with Crippen LogP contribution in [0.4, 0.5) is 23.0 Å². The first-order valence-electron chi connectivity index (χ1n) is 5.45. The van der Waals surface area contributed by atoms with E-state index in [0.29, 0.717) is 11.6 Å². The second-order valence-corrected chi connectivity index (χ2v) is 4.98. The van der Waals surface area contributed by atoms with Crippen molar-refractivity contribution < 1.29 is 4.92 Å². The Kier molecular flexibility index (Phi) is 4.15. The van der Waals surface area contributed by atoms with Crippen molar-refractivity contribution in [2.24, 2.45) is 0 Å². The molecule has 0 aliphatic rings. The van der Waals surface area contributed by atoms with Crippen LogP contribution in [0.5, 0.6) is 0 Å². The number of nitrogens with one attached hydrogen (secondary N) is 2. The molecule has 1 aromatic heterocycles. The van der Waals surface area contributed by atoms with E-state index in [4.69, 9.17) is 0 Å². The predicted molar refractivity (Wildman–Crippen MR) is 82.9 cm³/mol. The molecule has 1 heterocycles. The van der Waals surface area contributed by atoms with Crippen LogP contribution < -0.4 is 10.6 Å². The lowest BCUT2D eigenvalue weighted by Crippen LogP contribution is -2.00. The molecular weight excluding hydrogens is 359 g/mol. The zero-order valence-electron chi connectivity index (χ0n) is 10.1. The molecule has 0 radical (unpaired) electrons. The summed E-state index contributed by atoms with van der Waals surface area (Å²) in [5, 5.41) is 16.7. The molecule has 98 valence electrons. The molecule has 0 saturated heterocycles. The topological polar surface area (TPSA) is 80.1 Å². The molecule has 0 bridgehead atoms. The van der Waals surface area contributed by atoms with Gasteiger partial charge in [-0.25, -0.2) is 4.98 Å². The lowest BCUT2D eigenvalue weighted by atomic mass is 10.3. The lowest BCUT2D eigenvalue weighted by molar-refractivity contribution is -0.384. The van der Waals surface area contributed by atoms with Crippen molar-refractivity contribution in [1.29, 1.82) is 0 Å². The molecule has 19 heavy (non-hydrogen) atoms. The molecule has 0 aliphatic heterocycles. The summed E-state index contributed by atoms with van der Waals surface area (Å²) < 4.78 is 1.12. The standard InChI is InChI=1S/C12H11IN4O2/c1-14-11-6-10(17(18)19)7-12(16-11)15-9-4-2-8(13)3-5-9/h2-7H,1H3,(H2,14,15,16). The summed E-state index contributed by atoms with van der Waals surface area (Å²) in [5.41, 5.74) is 0.822. The van der Waals surface area contributed by atoms with E-state index in [-0.39, 0.29) is 5.69 Å². The van der Waals surface area contributed by atoms with Gasteiger partial charge in [-0.05, 0) is 46.9 Å². The molecular formula is C12H11IN4O2. The number of aromatic nitrogens is 1. The number of hydrogen-bond donors (Lipinski definition) is 2. The summed E-state index contributed by atoms with van der Waals surface area (Å²) in [5.74, 6) is 0.877. The van der Waals surface area contributed by atoms with E-state index in [9.17, 15) is 10.1 Å². The monoisotopic (exact) mass is 370 g/mol. The van der Waals surface area contributed by atoms with Crippen LogP contribution in [0.1, 0.15) is 0 Å². The van der Waals surface area contributed by atoms with E-state index in [2.05, 4.69) is 38.2 Å². The number of hydrogen-bond acceptors (Lipinski definition) is 5. The molecule has 0 spiro atoms. The highest BCUT2D eigenvalue weighted by molar-refractivity contribution is 14.1. The van der Waals surface area contributed by atoms with Gasteiger partial charge in [0.25, 0.3) is 5.69 Å². The SMILES string of the molecule is CNc1cc([N+](=O)[O-])cc(Nc2ccc(I)cc2)n1. The quantitative estimate of drug-likeness (QED) is 0.490. The number of nitrogens with zero attached hydrogens (tertiary/aromatic N) is 2. The first-order valence-corrected chi connectivity index (χ1v) is 6.53. The van der Waals surface area contributed by atoms with Gasteiger partial charge in [-0.1, -0.05) is 0 Å². The highest BCUT2D eigenvalue weighted by atomic mass is 127. The predicted octanol–water partition coefficient (Wildman–Crippen LogP) is 3.38. The molecule has 1 aromatic carbocycles. The Morgan fingerprint density at radius 2 is 1.84 bits per heavy atom. The van der Waals surface area contributed by atoms with E-state index >= 15 is 0 Å². The Hall–Kier alpha value is -1.90. The average molecular weight is 370 g/mol.